The van der Waals surface area contributed by atoms with Gasteiger partial charge in [-0.05, 0) is 42.4 Å². The van der Waals surface area contributed by atoms with Crippen molar-refractivity contribution in [3.8, 4) is 0 Å². The number of benzene rings is 1. The van der Waals surface area contributed by atoms with Gasteiger partial charge in [0.1, 0.15) is 0 Å². The molecule has 32 heavy (non-hydrogen) atoms. The highest BCUT2D eigenvalue weighted by atomic mass is 16.2. The molecule has 2 aliphatic carbocycles. The molecule has 2 heterocycles. The van der Waals surface area contributed by atoms with Gasteiger partial charge in [0.15, 0.2) is 5.96 Å². The maximum atomic E-state index is 12.8. The second kappa shape index (κ2) is 8.81. The number of hydrogen-bond donors (Lipinski definition) is 2. The van der Waals surface area contributed by atoms with Crippen molar-refractivity contribution in [2.75, 3.05) is 38.1 Å². The average Bonchev–Trinajstić information content (AvgIpc) is 3.60. The van der Waals surface area contributed by atoms with Gasteiger partial charge in [-0.15, -0.1) is 0 Å². The van der Waals surface area contributed by atoms with E-state index in [0.29, 0.717) is 26.1 Å². The predicted molar refractivity (Wildman–Crippen MR) is 125 cm³/mol. The van der Waals surface area contributed by atoms with E-state index in [1.807, 2.05) is 0 Å². The van der Waals surface area contributed by atoms with Crippen LogP contribution in [0.4, 0.5) is 5.69 Å². The fourth-order valence-corrected chi connectivity index (χ4v) is 5.59. The minimum absolute atomic E-state index is 0.0347. The van der Waals surface area contributed by atoms with Crippen molar-refractivity contribution < 1.29 is 9.59 Å². The largest absolute Gasteiger partial charge is 0.364 e. The first-order valence-corrected chi connectivity index (χ1v) is 11.6. The first-order valence-electron chi connectivity index (χ1n) is 11.6. The Bertz CT molecular complexity index is 946. The van der Waals surface area contributed by atoms with E-state index >= 15 is 0 Å². The molecule has 2 aliphatic heterocycles. The van der Waals surface area contributed by atoms with Crippen LogP contribution in [-0.2, 0) is 16.1 Å². The van der Waals surface area contributed by atoms with Crippen molar-refractivity contribution in [3.05, 3.63) is 54.1 Å². The molecule has 1 aromatic rings. The monoisotopic (exact) mass is 433 g/mol. The third-order valence-corrected chi connectivity index (χ3v) is 7.19. The third kappa shape index (κ3) is 3.80. The molecule has 2 amide bonds. The zero-order valence-corrected chi connectivity index (χ0v) is 18.5. The fourth-order valence-electron chi connectivity index (χ4n) is 5.59. The standard InChI is InChI=1S/C25H31N5O2/c1-26-25(28-16-17-6-4-7-20(14-17)29-11-2-3-12-29)27-10-5-13-30-23(31)21-18-8-9-19(15-18)22(21)24(30)32/h2-4,6-9,14,18-19,21-22H,5,10-13,15-16H2,1H3,(H2,26,27,28). The van der Waals surface area contributed by atoms with Gasteiger partial charge in [0.25, 0.3) is 0 Å². The number of hydrogen-bond acceptors (Lipinski definition) is 4. The van der Waals surface area contributed by atoms with E-state index < -0.39 is 0 Å². The summed E-state index contributed by atoms with van der Waals surface area (Å²) >= 11 is 0. The van der Waals surface area contributed by atoms with Crippen LogP contribution in [0.2, 0.25) is 0 Å². The van der Waals surface area contributed by atoms with Gasteiger partial charge >= 0.3 is 0 Å². The molecule has 1 aromatic carbocycles. The molecule has 5 rings (SSSR count). The molecular weight excluding hydrogens is 402 g/mol. The van der Waals surface area contributed by atoms with Gasteiger partial charge in [-0.2, -0.15) is 0 Å². The number of allylic oxidation sites excluding steroid dienone is 2. The summed E-state index contributed by atoms with van der Waals surface area (Å²) in [7, 11) is 1.75. The van der Waals surface area contributed by atoms with Crippen molar-refractivity contribution in [1.82, 2.24) is 15.5 Å². The van der Waals surface area contributed by atoms with Gasteiger partial charge < -0.3 is 15.5 Å². The maximum Gasteiger partial charge on any atom is 0.233 e. The van der Waals surface area contributed by atoms with Crippen LogP contribution in [-0.4, -0.2) is 55.9 Å². The second-order valence-electron chi connectivity index (χ2n) is 9.08. The first-order chi connectivity index (χ1) is 15.7. The molecule has 2 N–H and O–H groups in total. The fraction of sp³-hybridized carbons (Fsp3) is 0.480. The van der Waals surface area contributed by atoms with E-state index in [4.69, 9.17) is 0 Å². The summed E-state index contributed by atoms with van der Waals surface area (Å²) in [5, 5.41) is 6.65. The number of anilines is 1. The third-order valence-electron chi connectivity index (χ3n) is 7.19. The van der Waals surface area contributed by atoms with Crippen LogP contribution in [0.1, 0.15) is 18.4 Å². The Balaban J connectivity index is 1.07. The lowest BCUT2D eigenvalue weighted by Gasteiger charge is -2.19. The summed E-state index contributed by atoms with van der Waals surface area (Å²) < 4.78 is 0. The minimum atomic E-state index is -0.105. The smallest absolute Gasteiger partial charge is 0.233 e. The molecule has 2 fully saturated rings. The number of rotatable bonds is 7. The molecule has 2 bridgehead atoms. The van der Waals surface area contributed by atoms with Gasteiger partial charge in [-0.25, -0.2) is 0 Å². The molecule has 7 heteroatoms. The summed E-state index contributed by atoms with van der Waals surface area (Å²) in [5.41, 5.74) is 2.42. The molecule has 4 unspecified atom stereocenters. The number of nitrogens with zero attached hydrogens (tertiary/aromatic N) is 3. The number of amides is 2. The minimum Gasteiger partial charge on any atom is -0.364 e. The van der Waals surface area contributed by atoms with E-state index in [-0.39, 0.29) is 35.5 Å². The second-order valence-corrected chi connectivity index (χ2v) is 9.08. The number of likely N-dealkylation sites (tertiary alicyclic amines) is 1. The molecule has 0 aromatic heterocycles. The summed E-state index contributed by atoms with van der Waals surface area (Å²) in [4.78, 5) is 33.6. The van der Waals surface area contributed by atoms with E-state index in [0.717, 1.165) is 25.5 Å². The van der Waals surface area contributed by atoms with Crippen LogP contribution in [0.5, 0.6) is 0 Å². The quantitative estimate of drug-likeness (QED) is 0.226. The highest BCUT2D eigenvalue weighted by Gasteiger charge is 2.58. The van der Waals surface area contributed by atoms with Crippen LogP contribution in [0.3, 0.4) is 0 Å². The van der Waals surface area contributed by atoms with Gasteiger partial charge in [0.05, 0.1) is 11.8 Å². The van der Waals surface area contributed by atoms with E-state index in [9.17, 15) is 9.59 Å². The molecule has 1 saturated carbocycles. The summed E-state index contributed by atoms with van der Waals surface area (Å²) in [6.07, 6.45) is 10.3. The molecule has 7 nitrogen and oxygen atoms in total. The van der Waals surface area contributed by atoms with Crippen molar-refractivity contribution in [1.29, 1.82) is 0 Å². The van der Waals surface area contributed by atoms with Gasteiger partial charge in [-0.1, -0.05) is 36.4 Å². The highest BCUT2D eigenvalue weighted by molar-refractivity contribution is 6.06. The van der Waals surface area contributed by atoms with Gasteiger partial charge in [-0.3, -0.25) is 19.5 Å². The van der Waals surface area contributed by atoms with E-state index in [1.54, 1.807) is 7.05 Å². The van der Waals surface area contributed by atoms with Crippen LogP contribution >= 0.6 is 0 Å². The Morgan fingerprint density at radius 3 is 2.47 bits per heavy atom. The number of imide groups is 1. The summed E-state index contributed by atoms with van der Waals surface area (Å²) in [5.74, 6) is 1.12. The Morgan fingerprint density at radius 1 is 1.06 bits per heavy atom. The molecule has 168 valence electrons. The lowest BCUT2D eigenvalue weighted by atomic mass is 9.85. The Labute approximate surface area is 189 Å². The average molecular weight is 434 g/mol. The van der Waals surface area contributed by atoms with Crippen molar-refractivity contribution in [2.45, 2.75) is 19.4 Å². The van der Waals surface area contributed by atoms with Crippen LogP contribution in [0.15, 0.2) is 53.6 Å². The highest BCUT2D eigenvalue weighted by Crippen LogP contribution is 2.52. The lowest BCUT2D eigenvalue weighted by Crippen LogP contribution is -2.39. The Morgan fingerprint density at radius 2 is 1.78 bits per heavy atom. The normalized spacial score (nSPS) is 28.2. The van der Waals surface area contributed by atoms with E-state index in [1.165, 1.54) is 16.2 Å². The van der Waals surface area contributed by atoms with E-state index in [2.05, 4.69) is 69.1 Å². The first kappa shape index (κ1) is 20.8. The molecule has 0 spiro atoms. The Hall–Kier alpha value is -3.09. The lowest BCUT2D eigenvalue weighted by molar-refractivity contribution is -0.140. The van der Waals surface area contributed by atoms with Crippen LogP contribution < -0.4 is 15.5 Å². The number of carbonyl (C=O) groups is 2. The van der Waals surface area contributed by atoms with Gasteiger partial charge in [0.2, 0.25) is 11.8 Å². The van der Waals surface area contributed by atoms with Crippen molar-refractivity contribution in [2.24, 2.45) is 28.7 Å². The SMILES string of the molecule is CN=C(NCCCN1C(=O)C2C3C=CC(C3)C2C1=O)NCc1cccc(N2CC=CC2)c1. The zero-order chi connectivity index (χ0) is 22.1. The van der Waals surface area contributed by atoms with Crippen LogP contribution in [0.25, 0.3) is 0 Å². The number of guanidine groups is 1. The molecule has 4 aliphatic rings. The molecule has 1 saturated heterocycles. The molecule has 4 atom stereocenters. The molecule has 0 radical (unpaired) electrons. The number of fused-ring (bicyclic) bond motifs is 5. The topological polar surface area (TPSA) is 77.0 Å². The number of carbonyl (C=O) groups excluding carboxylic acids is 2. The number of nitrogens with one attached hydrogen (secondary N) is 2. The van der Waals surface area contributed by atoms with Crippen LogP contribution in [0, 0.1) is 23.7 Å². The maximum absolute atomic E-state index is 12.8. The van der Waals surface area contributed by atoms with Crippen molar-refractivity contribution >= 4 is 23.5 Å². The summed E-state index contributed by atoms with van der Waals surface area (Å²) in [6.45, 7) is 3.72. The summed E-state index contributed by atoms with van der Waals surface area (Å²) in [6, 6.07) is 8.54. The Kier molecular flexibility index (Phi) is 5.72. The zero-order valence-electron chi connectivity index (χ0n) is 18.5. The van der Waals surface area contributed by atoms with Crippen molar-refractivity contribution in [3.63, 3.8) is 0 Å². The van der Waals surface area contributed by atoms with Gasteiger partial charge in [0, 0.05) is 45.5 Å². The molecular formula is C25H31N5O2. The number of aliphatic imine (C=N–C) groups is 1. The predicted octanol–water partition coefficient (Wildman–Crippen LogP) is 1.93.